The minimum Gasteiger partial charge on any atom is -0.490 e. The fraction of sp³-hybridized carbons (Fsp3) is 0.618. The van der Waals surface area contributed by atoms with Crippen molar-refractivity contribution in [3.8, 4) is 5.75 Å². The standard InChI is InChI=1S/C34H49N3O7/c1-24-19-41-20-25(2)37(24)33(38)23-44-32-18-35-17-31(34(32)28-9-6-26(7-10-28)21-40-4)43-22-27-8-11-30-29(16-27)36(13-15-42-30)12-5-14-39-3/h6-11,16,24-25,31-32,34-35H,5,12-15,17-23H2,1-4H3/t24-,25?,31+,32-,34?/m1/s1. The molecule has 1 amide bonds. The van der Waals surface area contributed by atoms with Crippen molar-refractivity contribution in [1.82, 2.24) is 10.2 Å². The number of benzene rings is 2. The molecule has 5 rings (SSSR count). The van der Waals surface area contributed by atoms with Crippen molar-refractivity contribution in [1.29, 1.82) is 0 Å². The zero-order valence-electron chi connectivity index (χ0n) is 26.7. The van der Waals surface area contributed by atoms with E-state index in [1.165, 1.54) is 0 Å². The van der Waals surface area contributed by atoms with Gasteiger partial charge in [-0.05, 0) is 49.1 Å². The van der Waals surface area contributed by atoms with Gasteiger partial charge < -0.3 is 43.5 Å². The van der Waals surface area contributed by atoms with Crippen molar-refractivity contribution in [3.63, 3.8) is 0 Å². The van der Waals surface area contributed by atoms with Crippen LogP contribution in [-0.2, 0) is 41.7 Å². The number of ether oxygens (including phenoxy) is 6. The van der Waals surface area contributed by atoms with E-state index in [1.807, 2.05) is 24.8 Å². The van der Waals surface area contributed by atoms with Crippen LogP contribution in [0.25, 0.3) is 0 Å². The summed E-state index contributed by atoms with van der Waals surface area (Å²) in [5, 5.41) is 3.50. The first kappa shape index (κ1) is 32.7. The van der Waals surface area contributed by atoms with Crippen molar-refractivity contribution >= 4 is 11.6 Å². The van der Waals surface area contributed by atoms with E-state index >= 15 is 0 Å². The maximum atomic E-state index is 13.3. The number of hydrogen-bond donors (Lipinski definition) is 1. The molecular weight excluding hydrogens is 562 g/mol. The molecule has 0 aromatic heterocycles. The van der Waals surface area contributed by atoms with Crippen LogP contribution in [0.2, 0.25) is 0 Å². The topological polar surface area (TPSA) is 91.0 Å². The Bertz CT molecular complexity index is 1190. The second-order valence-electron chi connectivity index (χ2n) is 12.1. The van der Waals surface area contributed by atoms with Crippen molar-refractivity contribution in [2.24, 2.45) is 0 Å². The third-order valence-electron chi connectivity index (χ3n) is 8.77. The van der Waals surface area contributed by atoms with Crippen LogP contribution in [0, 0.1) is 0 Å². The molecule has 2 aromatic rings. The lowest BCUT2D eigenvalue weighted by molar-refractivity contribution is -0.153. The highest BCUT2D eigenvalue weighted by Gasteiger charge is 2.37. The molecular formula is C34H49N3O7. The molecule has 3 heterocycles. The average Bonchev–Trinajstić information content (AvgIpc) is 3.03. The van der Waals surface area contributed by atoms with Crippen LogP contribution in [0.1, 0.15) is 42.9 Å². The van der Waals surface area contributed by atoms with E-state index in [4.69, 9.17) is 28.4 Å². The van der Waals surface area contributed by atoms with Crippen LogP contribution in [0.4, 0.5) is 5.69 Å². The Morgan fingerprint density at radius 1 is 0.932 bits per heavy atom. The number of carbonyl (C=O) groups excluding carboxylic acids is 1. The molecule has 3 aliphatic rings. The van der Waals surface area contributed by atoms with E-state index in [0.717, 1.165) is 54.2 Å². The lowest BCUT2D eigenvalue weighted by Gasteiger charge is -2.41. The number of nitrogens with zero attached hydrogens (tertiary/aromatic N) is 2. The van der Waals surface area contributed by atoms with Gasteiger partial charge in [0.15, 0.2) is 0 Å². The molecule has 0 bridgehead atoms. The number of morpholine rings is 1. The highest BCUT2D eigenvalue weighted by Crippen LogP contribution is 2.35. The first-order chi connectivity index (χ1) is 21.5. The van der Waals surface area contributed by atoms with Gasteiger partial charge in [0.25, 0.3) is 0 Å². The summed E-state index contributed by atoms with van der Waals surface area (Å²) >= 11 is 0. The maximum Gasteiger partial charge on any atom is 0.249 e. The van der Waals surface area contributed by atoms with E-state index in [-0.39, 0.29) is 42.7 Å². The molecule has 2 unspecified atom stereocenters. The van der Waals surface area contributed by atoms with Crippen LogP contribution in [0.15, 0.2) is 42.5 Å². The van der Waals surface area contributed by atoms with Crippen LogP contribution < -0.4 is 15.0 Å². The molecule has 0 saturated carbocycles. The Morgan fingerprint density at radius 3 is 2.39 bits per heavy atom. The Balaban J connectivity index is 1.30. The average molecular weight is 612 g/mol. The summed E-state index contributed by atoms with van der Waals surface area (Å²) in [4.78, 5) is 17.6. The van der Waals surface area contributed by atoms with E-state index in [1.54, 1.807) is 14.2 Å². The largest absolute Gasteiger partial charge is 0.490 e. The Hall–Kier alpha value is -2.73. The highest BCUT2D eigenvalue weighted by molar-refractivity contribution is 5.78. The highest BCUT2D eigenvalue weighted by atomic mass is 16.5. The summed E-state index contributed by atoms with van der Waals surface area (Å²) in [6, 6.07) is 14.8. The Labute approximate surface area is 261 Å². The number of anilines is 1. The molecule has 2 saturated heterocycles. The van der Waals surface area contributed by atoms with Crippen molar-refractivity contribution in [2.45, 2.75) is 63.7 Å². The number of methoxy groups -OCH3 is 2. The van der Waals surface area contributed by atoms with Crippen LogP contribution in [0.3, 0.4) is 0 Å². The quantitative estimate of drug-likeness (QED) is 0.343. The number of amides is 1. The van der Waals surface area contributed by atoms with Gasteiger partial charge in [-0.15, -0.1) is 0 Å². The van der Waals surface area contributed by atoms with Crippen LogP contribution in [0.5, 0.6) is 5.75 Å². The van der Waals surface area contributed by atoms with Gasteiger partial charge in [0.1, 0.15) is 19.0 Å². The molecule has 2 fully saturated rings. The summed E-state index contributed by atoms with van der Waals surface area (Å²) in [5.74, 6) is 0.858. The first-order valence-electron chi connectivity index (χ1n) is 15.9. The number of nitrogens with one attached hydrogen (secondary N) is 1. The minimum atomic E-state index is -0.231. The molecule has 0 spiro atoms. The van der Waals surface area contributed by atoms with Gasteiger partial charge in [0, 0.05) is 46.4 Å². The van der Waals surface area contributed by atoms with E-state index in [2.05, 4.69) is 46.6 Å². The number of hydrogen-bond acceptors (Lipinski definition) is 9. The van der Waals surface area contributed by atoms with Crippen LogP contribution >= 0.6 is 0 Å². The zero-order chi connectivity index (χ0) is 30.9. The SMILES string of the molecule is COCCCN1CCOc2ccc(CO[C@H]3CNC[C@@H](OCC(=O)N4C(C)COC[C@H]4C)C3c3ccc(COC)cc3)cc21. The molecule has 0 aliphatic carbocycles. The lowest BCUT2D eigenvalue weighted by atomic mass is 9.85. The van der Waals surface area contributed by atoms with E-state index in [0.29, 0.717) is 46.1 Å². The van der Waals surface area contributed by atoms with Gasteiger partial charge >= 0.3 is 0 Å². The summed E-state index contributed by atoms with van der Waals surface area (Å²) in [6.07, 6.45) is 0.581. The molecule has 10 heteroatoms. The number of carbonyl (C=O) groups is 1. The molecule has 3 aliphatic heterocycles. The second kappa shape index (κ2) is 16.0. The number of fused-ring (bicyclic) bond motifs is 1. The molecule has 5 atom stereocenters. The Morgan fingerprint density at radius 2 is 1.66 bits per heavy atom. The molecule has 0 radical (unpaired) electrons. The first-order valence-corrected chi connectivity index (χ1v) is 15.9. The second-order valence-corrected chi connectivity index (χ2v) is 12.1. The summed E-state index contributed by atoms with van der Waals surface area (Å²) < 4.78 is 35.3. The van der Waals surface area contributed by atoms with Crippen LogP contribution in [-0.4, -0.2) is 109 Å². The van der Waals surface area contributed by atoms with Crippen molar-refractivity contribution in [2.75, 3.05) is 78.3 Å². The monoisotopic (exact) mass is 611 g/mol. The molecule has 1 N–H and O–H groups in total. The predicted molar refractivity (Wildman–Crippen MR) is 168 cm³/mol. The van der Waals surface area contributed by atoms with Gasteiger partial charge in [0.05, 0.1) is 63.0 Å². The van der Waals surface area contributed by atoms with Gasteiger partial charge in [-0.1, -0.05) is 30.3 Å². The smallest absolute Gasteiger partial charge is 0.249 e. The fourth-order valence-corrected chi connectivity index (χ4v) is 6.61. The molecule has 10 nitrogen and oxygen atoms in total. The zero-order valence-corrected chi connectivity index (χ0v) is 26.7. The van der Waals surface area contributed by atoms with Crippen molar-refractivity contribution < 1.29 is 33.2 Å². The molecule has 242 valence electrons. The number of piperidine rings is 1. The van der Waals surface area contributed by atoms with Gasteiger partial charge in [-0.3, -0.25) is 4.79 Å². The van der Waals surface area contributed by atoms with Gasteiger partial charge in [-0.25, -0.2) is 0 Å². The van der Waals surface area contributed by atoms with E-state index in [9.17, 15) is 4.79 Å². The third kappa shape index (κ3) is 8.10. The summed E-state index contributed by atoms with van der Waals surface area (Å²) in [6.45, 7) is 10.7. The predicted octanol–water partition coefficient (Wildman–Crippen LogP) is 3.36. The fourth-order valence-electron chi connectivity index (χ4n) is 6.61. The Kier molecular flexibility index (Phi) is 11.9. The van der Waals surface area contributed by atoms with Crippen molar-refractivity contribution in [3.05, 3.63) is 59.2 Å². The molecule has 2 aromatic carbocycles. The minimum absolute atomic E-state index is 0.00290. The summed E-state index contributed by atoms with van der Waals surface area (Å²) in [5.41, 5.74) is 4.43. The van der Waals surface area contributed by atoms with Gasteiger partial charge in [-0.2, -0.15) is 0 Å². The maximum absolute atomic E-state index is 13.3. The van der Waals surface area contributed by atoms with Gasteiger partial charge in [0.2, 0.25) is 5.91 Å². The third-order valence-corrected chi connectivity index (χ3v) is 8.77. The summed E-state index contributed by atoms with van der Waals surface area (Å²) in [7, 11) is 3.44. The molecule has 44 heavy (non-hydrogen) atoms. The van der Waals surface area contributed by atoms with E-state index < -0.39 is 0 Å². The number of rotatable bonds is 13. The normalized spacial score (nSPS) is 25.4. The lowest BCUT2D eigenvalue weighted by Crippen LogP contribution is -2.55.